The van der Waals surface area contributed by atoms with Gasteiger partial charge in [-0.3, -0.25) is 13.7 Å². The van der Waals surface area contributed by atoms with Crippen LogP contribution >= 0.6 is 0 Å². The molecule has 0 aromatic heterocycles. The highest BCUT2D eigenvalue weighted by molar-refractivity contribution is 7.86. The molecule has 1 unspecified atom stereocenters. The lowest BCUT2D eigenvalue weighted by atomic mass is 9.85. The lowest BCUT2D eigenvalue weighted by molar-refractivity contribution is -0.432. The average Bonchev–Trinajstić information content (AvgIpc) is 2.71. The minimum Gasteiger partial charge on any atom is -0.376 e. The van der Waals surface area contributed by atoms with E-state index in [0.717, 1.165) is 6.07 Å². The Morgan fingerprint density at radius 3 is 2.00 bits per heavy atom. The maximum Gasteiger partial charge on any atom is 0.294 e. The summed E-state index contributed by atoms with van der Waals surface area (Å²) in [7, 11) is -13.0. The number of benzene rings is 2. The van der Waals surface area contributed by atoms with Crippen LogP contribution in [0.25, 0.3) is 0 Å². The van der Waals surface area contributed by atoms with E-state index in [1.165, 1.54) is 16.7 Å². The number of nitrogens with zero attached hydrogens (tertiary/aromatic N) is 1. The fourth-order valence-electron chi connectivity index (χ4n) is 3.66. The molecule has 0 amide bonds. The smallest absolute Gasteiger partial charge is 0.294 e. The summed E-state index contributed by atoms with van der Waals surface area (Å²) < 4.78 is 97.7. The number of hydrogen-bond acceptors (Lipinski definition) is 7. The lowest BCUT2D eigenvalue weighted by Crippen LogP contribution is -2.34. The standard InChI is InChI=1S/C21H28N2O9S3/c1-21(12-6-14-33(24,25)26,22-17-8-4-3-5-9-17)19-16-18(35(30,31)32)10-11-20(19)23(2)13-7-15-34(27,28)29/h3-5,8-11,16,22H,2,6-7,12-15H2,1H3,(H2-,24,25,26,27,28,29,30,31,32)/p+1. The monoisotopic (exact) mass is 549 g/mol. The van der Waals surface area contributed by atoms with Crippen LogP contribution in [0.15, 0.2) is 53.4 Å². The highest BCUT2D eigenvalue weighted by Gasteiger charge is 2.34. The third-order valence-electron chi connectivity index (χ3n) is 5.30. The summed E-state index contributed by atoms with van der Waals surface area (Å²) in [6, 6.07) is 12.6. The second kappa shape index (κ2) is 11.1. The third kappa shape index (κ3) is 9.31. The van der Waals surface area contributed by atoms with E-state index < -0.39 is 52.3 Å². The predicted octanol–water partition coefficient (Wildman–Crippen LogP) is 2.55. The molecule has 4 N–H and O–H groups in total. The molecule has 0 saturated heterocycles. The first-order valence-corrected chi connectivity index (χ1v) is 15.1. The summed E-state index contributed by atoms with van der Waals surface area (Å²) in [6.45, 7) is 5.67. The van der Waals surface area contributed by atoms with Gasteiger partial charge in [0.15, 0.2) is 0 Å². The van der Waals surface area contributed by atoms with Crippen molar-refractivity contribution in [1.82, 2.24) is 0 Å². The van der Waals surface area contributed by atoms with E-state index in [4.69, 9.17) is 4.55 Å². The summed E-state index contributed by atoms with van der Waals surface area (Å²) in [5, 5.41) is 3.27. The molecule has 1 atom stereocenters. The second-order valence-electron chi connectivity index (χ2n) is 8.27. The molecular formula is C21H29N2O9S3+. The van der Waals surface area contributed by atoms with Gasteiger partial charge in [0.25, 0.3) is 30.4 Å². The number of nitrogens with one attached hydrogen (secondary N) is 1. The summed E-state index contributed by atoms with van der Waals surface area (Å²) in [6.07, 6.45) is 0.139. The van der Waals surface area contributed by atoms with Crippen molar-refractivity contribution in [3.8, 4) is 0 Å². The minimum absolute atomic E-state index is 0.00457. The molecule has 14 heteroatoms. The van der Waals surface area contributed by atoms with Gasteiger partial charge in [0, 0.05) is 23.7 Å². The summed E-state index contributed by atoms with van der Waals surface area (Å²) in [5.41, 5.74) is 0.215. The maximum absolute atomic E-state index is 11.9. The van der Waals surface area contributed by atoms with Crippen molar-refractivity contribution in [2.45, 2.75) is 36.6 Å². The van der Waals surface area contributed by atoms with Crippen molar-refractivity contribution in [1.29, 1.82) is 0 Å². The van der Waals surface area contributed by atoms with E-state index in [2.05, 4.69) is 12.0 Å². The van der Waals surface area contributed by atoms with Gasteiger partial charge in [-0.05, 0) is 44.0 Å². The molecule has 0 heterocycles. The van der Waals surface area contributed by atoms with Crippen LogP contribution in [0.2, 0.25) is 0 Å². The summed E-state index contributed by atoms with van der Waals surface area (Å²) in [4.78, 5) is -0.404. The van der Waals surface area contributed by atoms with Gasteiger partial charge in [0.1, 0.15) is 13.3 Å². The summed E-state index contributed by atoms with van der Waals surface area (Å²) >= 11 is 0. The lowest BCUT2D eigenvalue weighted by Gasteiger charge is -2.33. The van der Waals surface area contributed by atoms with Gasteiger partial charge in [-0.15, -0.1) is 0 Å². The van der Waals surface area contributed by atoms with Gasteiger partial charge in [-0.25, -0.2) is 4.58 Å². The molecular weight excluding hydrogens is 520 g/mol. The molecule has 35 heavy (non-hydrogen) atoms. The van der Waals surface area contributed by atoms with Gasteiger partial charge in [-0.1, -0.05) is 18.2 Å². The fraction of sp³-hybridized carbons (Fsp3) is 0.381. The molecule has 0 saturated carbocycles. The van der Waals surface area contributed by atoms with Crippen LogP contribution < -0.4 is 5.32 Å². The van der Waals surface area contributed by atoms with Crippen LogP contribution in [0.4, 0.5) is 11.4 Å². The highest BCUT2D eigenvalue weighted by atomic mass is 32.2. The molecule has 0 aliphatic heterocycles. The Bertz CT molecular complexity index is 1370. The van der Waals surface area contributed by atoms with Crippen LogP contribution in [-0.4, -0.2) is 68.3 Å². The van der Waals surface area contributed by atoms with Crippen LogP contribution in [-0.2, 0) is 35.9 Å². The van der Waals surface area contributed by atoms with E-state index in [9.17, 15) is 34.4 Å². The van der Waals surface area contributed by atoms with Crippen LogP contribution in [0.5, 0.6) is 0 Å². The Balaban J connectivity index is 2.59. The van der Waals surface area contributed by atoms with Crippen molar-refractivity contribution < 1.29 is 43.5 Å². The molecule has 0 spiro atoms. The van der Waals surface area contributed by atoms with E-state index in [1.807, 2.05) is 0 Å². The van der Waals surface area contributed by atoms with Crippen molar-refractivity contribution in [2.75, 3.05) is 23.4 Å². The number of anilines is 1. The number of rotatable bonds is 13. The Morgan fingerprint density at radius 2 is 1.46 bits per heavy atom. The maximum atomic E-state index is 11.9. The van der Waals surface area contributed by atoms with Crippen molar-refractivity contribution in [2.24, 2.45) is 0 Å². The normalized spacial score (nSPS) is 14.3. The van der Waals surface area contributed by atoms with E-state index in [0.29, 0.717) is 16.9 Å². The van der Waals surface area contributed by atoms with Crippen LogP contribution in [0.1, 0.15) is 31.7 Å². The molecule has 0 aliphatic carbocycles. The Labute approximate surface area is 205 Å². The predicted molar refractivity (Wildman–Crippen MR) is 132 cm³/mol. The zero-order valence-electron chi connectivity index (χ0n) is 19.0. The first kappa shape index (κ1) is 28.9. The zero-order valence-corrected chi connectivity index (χ0v) is 21.5. The zero-order chi connectivity index (χ0) is 26.5. The Hall–Kier alpha value is -2.36. The van der Waals surface area contributed by atoms with E-state index >= 15 is 0 Å². The van der Waals surface area contributed by atoms with Gasteiger partial charge >= 0.3 is 0 Å². The molecule has 0 radical (unpaired) electrons. The first-order chi connectivity index (χ1) is 16.0. The third-order valence-corrected chi connectivity index (χ3v) is 7.76. The SMILES string of the molecule is C=[N+](CCCS(=O)(=O)O)c1ccc(S(=O)(=O)O)cc1C(C)(CCCS(=O)(=O)O)Nc1ccccc1. The largest absolute Gasteiger partial charge is 0.376 e. The Morgan fingerprint density at radius 1 is 0.886 bits per heavy atom. The molecule has 0 aliphatic rings. The van der Waals surface area contributed by atoms with Gasteiger partial charge in [-0.2, -0.15) is 25.3 Å². The molecule has 2 rings (SSSR count). The molecule has 2 aromatic carbocycles. The average molecular weight is 550 g/mol. The quantitative estimate of drug-likeness (QED) is 0.165. The van der Waals surface area contributed by atoms with E-state index in [1.54, 1.807) is 37.3 Å². The summed E-state index contributed by atoms with van der Waals surface area (Å²) in [5.74, 6) is -1.04. The van der Waals surface area contributed by atoms with Crippen molar-refractivity contribution >= 4 is 48.4 Å². The van der Waals surface area contributed by atoms with Crippen LogP contribution in [0.3, 0.4) is 0 Å². The van der Waals surface area contributed by atoms with Gasteiger partial charge in [0.2, 0.25) is 5.69 Å². The Kier molecular flexibility index (Phi) is 9.19. The second-order valence-corrected chi connectivity index (χ2v) is 12.8. The van der Waals surface area contributed by atoms with Gasteiger partial charge in [0.05, 0.1) is 21.9 Å². The minimum atomic E-state index is -4.60. The number of para-hydroxylation sites is 1. The fourth-order valence-corrected chi connectivity index (χ4v) is 5.17. The van der Waals surface area contributed by atoms with E-state index in [-0.39, 0.29) is 25.8 Å². The molecule has 0 bridgehead atoms. The molecule has 2 aromatic rings. The van der Waals surface area contributed by atoms with Gasteiger partial charge < -0.3 is 5.32 Å². The first-order valence-electron chi connectivity index (χ1n) is 10.4. The van der Waals surface area contributed by atoms with Crippen LogP contribution in [0, 0.1) is 0 Å². The molecule has 0 fully saturated rings. The molecule has 11 nitrogen and oxygen atoms in total. The molecule has 194 valence electrons. The topological polar surface area (TPSA) is 178 Å². The van der Waals surface area contributed by atoms with Crippen molar-refractivity contribution in [3.05, 3.63) is 54.1 Å². The highest BCUT2D eigenvalue weighted by Crippen LogP contribution is 2.38. The number of hydrogen-bond donors (Lipinski definition) is 4. The van der Waals surface area contributed by atoms with Crippen molar-refractivity contribution in [3.63, 3.8) is 0 Å².